The van der Waals surface area contributed by atoms with Gasteiger partial charge in [-0.1, -0.05) is 38.1 Å². The van der Waals surface area contributed by atoms with Gasteiger partial charge in [0.05, 0.1) is 19.1 Å². The molecule has 3 aliphatic rings. The predicted octanol–water partition coefficient (Wildman–Crippen LogP) is 3.03. The van der Waals surface area contributed by atoms with Gasteiger partial charge in [-0.3, -0.25) is 19.7 Å². The topological polar surface area (TPSA) is 108 Å². The average Bonchev–Trinajstić information content (AvgIpc) is 3.40. The monoisotopic (exact) mass is 487 g/mol. The van der Waals surface area contributed by atoms with E-state index in [4.69, 9.17) is 9.47 Å². The number of hydroxylamine groups is 1. The third-order valence-corrected chi connectivity index (χ3v) is 7.58. The van der Waals surface area contributed by atoms with E-state index in [1.165, 1.54) is 16.0 Å². The molecule has 3 atom stereocenters. The van der Waals surface area contributed by atoms with Crippen molar-refractivity contribution in [1.82, 2.24) is 15.3 Å². The average molecular weight is 488 g/mol. The summed E-state index contributed by atoms with van der Waals surface area (Å²) in [6.07, 6.45) is 2.27. The third-order valence-electron chi connectivity index (χ3n) is 7.58. The fourth-order valence-electron chi connectivity index (χ4n) is 5.47. The van der Waals surface area contributed by atoms with Crippen molar-refractivity contribution in [2.24, 2.45) is 5.92 Å². The Balaban J connectivity index is 1.46. The minimum atomic E-state index is -0.994. The molecule has 0 aliphatic carbocycles. The Morgan fingerprint density at radius 1 is 1.11 bits per heavy atom. The summed E-state index contributed by atoms with van der Waals surface area (Å²) in [5.74, 6) is -0.907. The number of carbonyl (C=O) groups is 3. The zero-order chi connectivity index (χ0) is 24.9. The molecule has 3 saturated heterocycles. The van der Waals surface area contributed by atoms with Gasteiger partial charge in [0.2, 0.25) is 11.8 Å². The summed E-state index contributed by atoms with van der Waals surface area (Å²) in [7, 11) is 0. The van der Waals surface area contributed by atoms with Crippen LogP contribution in [0.2, 0.25) is 0 Å². The molecule has 9 heteroatoms. The number of amides is 3. The number of piperidine rings is 2. The summed E-state index contributed by atoms with van der Waals surface area (Å²) in [4.78, 5) is 42.3. The Bertz CT molecular complexity index is 908. The Morgan fingerprint density at radius 3 is 2.54 bits per heavy atom. The SMILES string of the molecule is CC(C)c1cccc(C2CCN(C(=O)[C@@H]3[C@@H](C(=O)NO)CCCN3C(=O)OC3CCOC3)CC2)c1. The molecule has 192 valence electrons. The molecule has 3 amide bonds. The number of likely N-dealkylation sites (tertiary alicyclic amines) is 2. The van der Waals surface area contributed by atoms with Crippen molar-refractivity contribution in [2.75, 3.05) is 32.8 Å². The normalized spacial score (nSPS) is 25.5. The van der Waals surface area contributed by atoms with Crippen molar-refractivity contribution >= 4 is 17.9 Å². The lowest BCUT2D eigenvalue weighted by molar-refractivity contribution is -0.149. The molecule has 1 unspecified atom stereocenters. The number of rotatable bonds is 5. The summed E-state index contributed by atoms with van der Waals surface area (Å²) >= 11 is 0. The molecule has 2 N–H and O–H groups in total. The molecule has 0 radical (unpaired) electrons. The summed E-state index contributed by atoms with van der Waals surface area (Å²) in [6.45, 7) is 6.67. The molecular formula is C26H37N3O6. The van der Waals surface area contributed by atoms with Crippen molar-refractivity contribution in [3.05, 3.63) is 35.4 Å². The molecule has 0 spiro atoms. The van der Waals surface area contributed by atoms with Crippen LogP contribution in [0.15, 0.2) is 24.3 Å². The van der Waals surface area contributed by atoms with E-state index in [1.807, 2.05) is 0 Å². The Morgan fingerprint density at radius 2 is 1.89 bits per heavy atom. The maximum absolute atomic E-state index is 13.7. The van der Waals surface area contributed by atoms with Crippen LogP contribution < -0.4 is 5.48 Å². The minimum absolute atomic E-state index is 0.257. The number of benzene rings is 1. The van der Waals surface area contributed by atoms with Crippen LogP contribution in [0.25, 0.3) is 0 Å². The van der Waals surface area contributed by atoms with E-state index in [1.54, 1.807) is 10.4 Å². The Labute approximate surface area is 206 Å². The van der Waals surface area contributed by atoms with Crippen molar-refractivity contribution in [3.8, 4) is 0 Å². The molecule has 35 heavy (non-hydrogen) atoms. The van der Waals surface area contributed by atoms with Gasteiger partial charge in [-0.25, -0.2) is 10.3 Å². The van der Waals surface area contributed by atoms with Gasteiger partial charge in [-0.2, -0.15) is 0 Å². The van der Waals surface area contributed by atoms with Crippen molar-refractivity contribution in [1.29, 1.82) is 0 Å². The van der Waals surface area contributed by atoms with Crippen LogP contribution >= 0.6 is 0 Å². The minimum Gasteiger partial charge on any atom is -0.444 e. The second kappa shape index (κ2) is 11.4. The lowest BCUT2D eigenvalue weighted by atomic mass is 9.85. The molecule has 4 rings (SSSR count). The predicted molar refractivity (Wildman–Crippen MR) is 128 cm³/mol. The van der Waals surface area contributed by atoms with Gasteiger partial charge in [-0.15, -0.1) is 0 Å². The van der Waals surface area contributed by atoms with Crippen molar-refractivity contribution in [2.45, 2.75) is 69.9 Å². The first-order valence-electron chi connectivity index (χ1n) is 12.8. The van der Waals surface area contributed by atoms with Gasteiger partial charge in [0.15, 0.2) is 0 Å². The van der Waals surface area contributed by atoms with E-state index < -0.39 is 24.0 Å². The highest BCUT2D eigenvalue weighted by Gasteiger charge is 2.46. The Kier molecular flexibility index (Phi) is 8.28. The zero-order valence-electron chi connectivity index (χ0n) is 20.7. The zero-order valence-corrected chi connectivity index (χ0v) is 20.7. The first-order chi connectivity index (χ1) is 16.9. The van der Waals surface area contributed by atoms with E-state index >= 15 is 0 Å². The fourth-order valence-corrected chi connectivity index (χ4v) is 5.47. The number of ether oxygens (including phenoxy) is 2. The van der Waals surface area contributed by atoms with E-state index in [-0.39, 0.29) is 12.0 Å². The highest BCUT2D eigenvalue weighted by atomic mass is 16.6. The second-order valence-electron chi connectivity index (χ2n) is 10.2. The van der Waals surface area contributed by atoms with Crippen LogP contribution in [0.3, 0.4) is 0 Å². The lowest BCUT2D eigenvalue weighted by Crippen LogP contribution is -2.60. The summed E-state index contributed by atoms with van der Waals surface area (Å²) in [6, 6.07) is 7.67. The summed E-state index contributed by atoms with van der Waals surface area (Å²) < 4.78 is 10.9. The van der Waals surface area contributed by atoms with Crippen LogP contribution in [0, 0.1) is 5.92 Å². The van der Waals surface area contributed by atoms with Crippen LogP contribution in [0.5, 0.6) is 0 Å². The van der Waals surface area contributed by atoms with Crippen molar-refractivity contribution in [3.63, 3.8) is 0 Å². The quantitative estimate of drug-likeness (QED) is 0.488. The number of carbonyl (C=O) groups excluding carboxylic acids is 3. The van der Waals surface area contributed by atoms with Crippen LogP contribution in [0.4, 0.5) is 4.79 Å². The maximum Gasteiger partial charge on any atom is 0.410 e. The summed E-state index contributed by atoms with van der Waals surface area (Å²) in [5.41, 5.74) is 4.29. The van der Waals surface area contributed by atoms with E-state index in [0.717, 1.165) is 12.8 Å². The molecule has 0 aromatic heterocycles. The van der Waals surface area contributed by atoms with Gasteiger partial charge in [-0.05, 0) is 48.6 Å². The van der Waals surface area contributed by atoms with Gasteiger partial charge in [0.25, 0.3) is 0 Å². The van der Waals surface area contributed by atoms with E-state index in [9.17, 15) is 19.6 Å². The molecule has 1 aromatic carbocycles. The highest BCUT2D eigenvalue weighted by Crippen LogP contribution is 2.32. The third kappa shape index (κ3) is 5.78. The molecular weight excluding hydrogens is 450 g/mol. The number of nitrogens with zero attached hydrogens (tertiary/aromatic N) is 2. The second-order valence-corrected chi connectivity index (χ2v) is 10.2. The molecule has 3 aliphatic heterocycles. The number of hydrogen-bond donors (Lipinski definition) is 2. The molecule has 9 nitrogen and oxygen atoms in total. The Hall–Kier alpha value is -2.65. The number of hydrogen-bond acceptors (Lipinski definition) is 6. The smallest absolute Gasteiger partial charge is 0.410 e. The van der Waals surface area contributed by atoms with Crippen LogP contribution in [0.1, 0.15) is 68.9 Å². The van der Waals surface area contributed by atoms with E-state index in [0.29, 0.717) is 63.9 Å². The first-order valence-corrected chi connectivity index (χ1v) is 12.8. The van der Waals surface area contributed by atoms with Gasteiger partial charge >= 0.3 is 6.09 Å². The molecule has 1 aromatic rings. The molecule has 0 saturated carbocycles. The first kappa shape index (κ1) is 25.4. The van der Waals surface area contributed by atoms with Crippen molar-refractivity contribution < 1.29 is 29.1 Å². The molecule has 3 heterocycles. The lowest BCUT2D eigenvalue weighted by Gasteiger charge is -2.42. The highest BCUT2D eigenvalue weighted by molar-refractivity contribution is 5.92. The standard InChI is InChI=1S/C26H37N3O6/c1-17(2)19-5-3-6-20(15-19)18-8-12-28(13-9-18)25(31)23-22(24(30)27-33)7-4-11-29(23)26(32)35-21-10-14-34-16-21/h3,5-6,15,17-18,21-23,33H,4,7-14,16H2,1-2H3,(H,27,30)/t21?,22-,23-/m0/s1. The van der Waals surface area contributed by atoms with E-state index in [2.05, 4.69) is 38.1 Å². The van der Waals surface area contributed by atoms with Crippen LogP contribution in [-0.4, -0.2) is 77.9 Å². The number of nitrogens with one attached hydrogen (secondary N) is 1. The maximum atomic E-state index is 13.7. The summed E-state index contributed by atoms with van der Waals surface area (Å²) in [5, 5.41) is 9.30. The fraction of sp³-hybridized carbons (Fsp3) is 0.654. The molecule has 0 bridgehead atoms. The largest absolute Gasteiger partial charge is 0.444 e. The van der Waals surface area contributed by atoms with Gasteiger partial charge in [0, 0.05) is 26.1 Å². The van der Waals surface area contributed by atoms with Gasteiger partial charge < -0.3 is 14.4 Å². The van der Waals surface area contributed by atoms with Crippen LogP contribution in [-0.2, 0) is 19.1 Å². The van der Waals surface area contributed by atoms with Gasteiger partial charge in [0.1, 0.15) is 12.1 Å². The molecule has 3 fully saturated rings.